The van der Waals surface area contributed by atoms with Crippen molar-refractivity contribution in [3.8, 4) is 0 Å². The molecule has 0 amide bonds. The summed E-state index contributed by atoms with van der Waals surface area (Å²) < 4.78 is 0. The Bertz CT molecular complexity index is 1700. The fourth-order valence-corrected chi connectivity index (χ4v) is 13.1. The van der Waals surface area contributed by atoms with Crippen molar-refractivity contribution in [2.45, 2.75) is 228 Å². The SMILES string of the molecule is Clc1cc(C=Nc2c(C3CCCCC3)cc(C3CCCCC3)cc2C2CCCCC2)nc(C=Nc2c(C3CCCCC3)cc(C3CCCCC3)cc2C2CCCCC2)c1.[Cl-].[Cl-].[Cl-].[Co+3]. The van der Waals surface area contributed by atoms with Crippen molar-refractivity contribution in [3.05, 3.63) is 86.2 Å². The molecule has 3 nitrogen and oxygen atoms in total. The Morgan fingerprint density at radius 1 is 0.365 bits per heavy atom. The molecule has 0 spiro atoms. The van der Waals surface area contributed by atoms with E-state index in [0.717, 1.165) is 11.4 Å². The van der Waals surface area contributed by atoms with E-state index in [1.54, 1.807) is 11.1 Å². The molecule has 6 saturated carbocycles. The Labute approximate surface area is 415 Å². The van der Waals surface area contributed by atoms with Gasteiger partial charge in [0.25, 0.3) is 0 Å². The number of halogens is 4. The monoisotopic (exact) mass is 975 g/mol. The van der Waals surface area contributed by atoms with Crippen LogP contribution in [0.5, 0.6) is 0 Å². The van der Waals surface area contributed by atoms with E-state index in [4.69, 9.17) is 26.6 Å². The van der Waals surface area contributed by atoms with Crippen LogP contribution in [-0.4, -0.2) is 17.4 Å². The first-order valence-corrected chi connectivity index (χ1v) is 25.7. The molecular formula is C55H74Cl4CoN3. The molecule has 6 fully saturated rings. The summed E-state index contributed by atoms with van der Waals surface area (Å²) in [6.07, 6.45) is 44.4. The van der Waals surface area contributed by atoms with E-state index in [-0.39, 0.29) is 54.0 Å². The van der Waals surface area contributed by atoms with Crippen LogP contribution in [0.2, 0.25) is 5.02 Å². The predicted octanol–water partition coefficient (Wildman–Crippen LogP) is 8.53. The summed E-state index contributed by atoms with van der Waals surface area (Å²) in [5, 5.41) is 0.711. The zero-order chi connectivity index (χ0) is 39.8. The van der Waals surface area contributed by atoms with Crippen LogP contribution < -0.4 is 37.2 Å². The number of pyridine rings is 1. The van der Waals surface area contributed by atoms with Crippen LogP contribution in [0.4, 0.5) is 11.4 Å². The molecule has 0 N–H and O–H groups in total. The minimum Gasteiger partial charge on any atom is -1.00 e. The average Bonchev–Trinajstić information content (AvgIpc) is 3.31. The first-order valence-electron chi connectivity index (χ1n) is 25.3. The second-order valence-electron chi connectivity index (χ2n) is 20.3. The summed E-state index contributed by atoms with van der Waals surface area (Å²) in [7, 11) is 0. The maximum absolute atomic E-state index is 6.98. The Kier molecular flexibility index (Phi) is 21.9. The van der Waals surface area contributed by atoms with Crippen LogP contribution in [-0.2, 0) is 16.8 Å². The van der Waals surface area contributed by atoms with Gasteiger partial charge in [0.15, 0.2) is 0 Å². The topological polar surface area (TPSA) is 37.6 Å². The summed E-state index contributed by atoms with van der Waals surface area (Å²) in [4.78, 5) is 16.3. The smallest absolute Gasteiger partial charge is 1.00 e. The quantitative estimate of drug-likeness (QED) is 0.188. The van der Waals surface area contributed by atoms with Gasteiger partial charge >= 0.3 is 16.8 Å². The number of hydrogen-bond donors (Lipinski definition) is 0. The first kappa shape index (κ1) is 52.6. The van der Waals surface area contributed by atoms with Crippen LogP contribution in [0.3, 0.4) is 0 Å². The molecule has 9 rings (SSSR count). The predicted molar refractivity (Wildman–Crippen MR) is 252 cm³/mol. The number of aliphatic imine (C=N–C) groups is 2. The molecule has 0 atom stereocenters. The van der Waals surface area contributed by atoms with E-state index in [2.05, 4.69) is 36.7 Å². The molecule has 63 heavy (non-hydrogen) atoms. The van der Waals surface area contributed by atoms with Crippen LogP contribution in [0.15, 0.2) is 46.4 Å². The minimum absolute atomic E-state index is 0. The Morgan fingerprint density at radius 3 is 0.857 bits per heavy atom. The van der Waals surface area contributed by atoms with Gasteiger partial charge in [-0.2, -0.15) is 0 Å². The zero-order valence-corrected chi connectivity index (χ0v) is 42.0. The minimum atomic E-state index is 0. The van der Waals surface area contributed by atoms with Gasteiger partial charge in [-0.05, 0) is 158 Å². The van der Waals surface area contributed by atoms with E-state index < -0.39 is 0 Å². The van der Waals surface area contributed by atoms with Crippen LogP contribution in [0.1, 0.15) is 273 Å². The molecule has 346 valence electrons. The van der Waals surface area contributed by atoms with Gasteiger partial charge in [-0.3, -0.25) is 9.98 Å². The van der Waals surface area contributed by atoms with Crippen molar-refractivity contribution < 1.29 is 54.0 Å². The number of rotatable bonds is 10. The molecule has 3 aromatic rings. The van der Waals surface area contributed by atoms with E-state index in [1.165, 1.54) is 226 Å². The average molecular weight is 978 g/mol. The summed E-state index contributed by atoms with van der Waals surface area (Å²) >= 11 is 6.98. The van der Waals surface area contributed by atoms with Crippen LogP contribution in [0.25, 0.3) is 0 Å². The van der Waals surface area contributed by atoms with Gasteiger partial charge in [-0.1, -0.05) is 151 Å². The second kappa shape index (κ2) is 26.2. The molecule has 8 heteroatoms. The molecule has 0 radical (unpaired) electrons. The maximum atomic E-state index is 6.98. The summed E-state index contributed by atoms with van der Waals surface area (Å²) in [6.45, 7) is 0. The largest absolute Gasteiger partial charge is 3.00 e. The summed E-state index contributed by atoms with van der Waals surface area (Å²) in [5.41, 5.74) is 13.6. The Balaban J connectivity index is 0.00000187. The van der Waals surface area contributed by atoms with Crippen molar-refractivity contribution in [3.63, 3.8) is 0 Å². The van der Waals surface area contributed by atoms with Gasteiger partial charge in [0.2, 0.25) is 0 Å². The van der Waals surface area contributed by atoms with E-state index in [1.807, 2.05) is 12.1 Å². The van der Waals surface area contributed by atoms with Gasteiger partial charge in [0.05, 0.1) is 35.2 Å². The molecule has 0 aliphatic heterocycles. The summed E-state index contributed by atoms with van der Waals surface area (Å²) in [6, 6.07) is 14.6. The molecule has 0 saturated heterocycles. The maximum Gasteiger partial charge on any atom is 3.00 e. The van der Waals surface area contributed by atoms with Crippen LogP contribution >= 0.6 is 11.6 Å². The van der Waals surface area contributed by atoms with Crippen LogP contribution in [0, 0.1) is 0 Å². The van der Waals surface area contributed by atoms with E-state index in [9.17, 15) is 0 Å². The van der Waals surface area contributed by atoms with Crippen molar-refractivity contribution >= 4 is 35.4 Å². The Hall–Kier alpha value is -1.40. The molecule has 0 unspecified atom stereocenters. The van der Waals surface area contributed by atoms with Crippen molar-refractivity contribution in [1.82, 2.24) is 4.98 Å². The molecule has 6 aliphatic rings. The molecule has 6 aliphatic carbocycles. The number of aromatic nitrogens is 1. The fraction of sp³-hybridized carbons (Fsp3) is 0.655. The first-order chi connectivity index (χ1) is 29.2. The third-order valence-electron chi connectivity index (χ3n) is 16.2. The number of benzene rings is 2. The third kappa shape index (κ3) is 13.4. The van der Waals surface area contributed by atoms with Gasteiger partial charge in [-0.25, -0.2) is 4.98 Å². The Morgan fingerprint density at radius 2 is 0.603 bits per heavy atom. The van der Waals surface area contributed by atoms with Gasteiger partial charge in [0, 0.05) is 5.02 Å². The number of hydrogen-bond acceptors (Lipinski definition) is 3. The normalized spacial score (nSPS) is 21.7. The van der Waals surface area contributed by atoms with Crippen molar-refractivity contribution in [2.24, 2.45) is 9.98 Å². The van der Waals surface area contributed by atoms with Gasteiger partial charge in [0.1, 0.15) is 0 Å². The zero-order valence-electron chi connectivity index (χ0n) is 38.0. The van der Waals surface area contributed by atoms with Crippen molar-refractivity contribution in [1.29, 1.82) is 0 Å². The van der Waals surface area contributed by atoms with Gasteiger partial charge in [-0.15, -0.1) is 0 Å². The van der Waals surface area contributed by atoms with E-state index in [0.29, 0.717) is 40.5 Å². The fourth-order valence-electron chi connectivity index (χ4n) is 12.9. The van der Waals surface area contributed by atoms with Crippen molar-refractivity contribution in [2.75, 3.05) is 0 Å². The molecular weight excluding hydrogens is 903 g/mol. The van der Waals surface area contributed by atoms with Gasteiger partial charge < -0.3 is 37.2 Å². The standard InChI is InChI=1S/C55H74ClN3.3ClH.Co/c56-47-35-48(37-57-54-50(41-23-11-3-12-24-41)31-45(39-19-7-1-8-20-39)32-51(54)42-25-13-4-14-26-42)59-49(36-47)38-58-55-52(43-27-15-5-16-28-43)33-46(40-21-9-2-10-22-40)34-53(55)44-29-17-6-18-30-44;;;;/h31-44H,1-30H2;3*1H;/q;;;;+3/p-3. The van der Waals surface area contributed by atoms with E-state index >= 15 is 0 Å². The summed E-state index contributed by atoms with van der Waals surface area (Å²) in [5.74, 6) is 3.86. The molecule has 1 aromatic heterocycles. The third-order valence-corrected chi connectivity index (χ3v) is 16.4. The second-order valence-corrected chi connectivity index (χ2v) is 20.7. The number of nitrogens with zero attached hydrogens (tertiary/aromatic N) is 3. The molecule has 2 aromatic carbocycles. The molecule has 0 bridgehead atoms. The molecule has 1 heterocycles.